The number of hydrogen-bond acceptors (Lipinski definition) is 7. The molecule has 0 radical (unpaired) electrons. The highest BCUT2D eigenvalue weighted by atomic mass is 35.5. The molecule has 31 heavy (non-hydrogen) atoms. The summed E-state index contributed by atoms with van der Waals surface area (Å²) in [5.41, 5.74) is -0.335. The Hall–Kier alpha value is -2.53. The highest BCUT2D eigenvalue weighted by Crippen LogP contribution is 2.42. The number of ether oxygens (including phenoxy) is 3. The fraction of sp³-hybridized carbons (Fsp3) is 0.526. The normalized spacial score (nSPS) is 16.1. The molecule has 1 aromatic carbocycles. The first-order valence-corrected chi connectivity index (χ1v) is 9.49. The van der Waals surface area contributed by atoms with Crippen LogP contribution in [0.2, 0.25) is 5.02 Å². The second kappa shape index (κ2) is 9.73. The summed E-state index contributed by atoms with van der Waals surface area (Å²) in [4.78, 5) is 26.3. The molecule has 0 N–H and O–H groups in total. The van der Waals surface area contributed by atoms with Crippen molar-refractivity contribution in [3.05, 3.63) is 44.0 Å². The Labute approximate surface area is 181 Å². The molecule has 0 bridgehead atoms. The molecule has 1 heterocycles. The number of fused-ring (bicyclic) bond motifs is 1. The average Bonchev–Trinajstić information content (AvgIpc) is 2.63. The number of rotatable bonds is 8. The van der Waals surface area contributed by atoms with Gasteiger partial charge in [-0.3, -0.25) is 0 Å². The van der Waals surface area contributed by atoms with Crippen LogP contribution in [-0.2, 0) is 24.5 Å². The lowest BCUT2D eigenvalue weighted by molar-refractivity contribution is -0.758. The van der Waals surface area contributed by atoms with Gasteiger partial charge in [-0.15, -0.1) is 10.1 Å². The topological polar surface area (TPSA) is 97.1 Å². The maximum absolute atomic E-state index is 13.6. The zero-order chi connectivity index (χ0) is 23.4. The molecule has 0 saturated heterocycles. The predicted octanol–water partition coefficient (Wildman–Crippen LogP) is 4.11. The highest BCUT2D eigenvalue weighted by Gasteiger charge is 2.49. The van der Waals surface area contributed by atoms with E-state index in [1.807, 2.05) is 20.8 Å². The quantitative estimate of drug-likeness (QED) is 0.245. The molecular formula is C19H21ClF3NO7. The van der Waals surface area contributed by atoms with E-state index in [-0.39, 0.29) is 37.7 Å². The van der Waals surface area contributed by atoms with Crippen LogP contribution in [0, 0.1) is 10.1 Å². The standard InChI is InChI=1S/C19H21ClF3NO7/c1-18(2,3)13-10-15-11(9-14(13)20)8-12(16(31-15)19(21,22)23)17(25)29-6-4-28-5-7-30-24(26)27/h8-10,16H,4-7H2,1-3H3. The van der Waals surface area contributed by atoms with Crippen molar-refractivity contribution in [1.29, 1.82) is 0 Å². The molecule has 1 aliphatic heterocycles. The third-order valence-corrected chi connectivity index (χ3v) is 4.48. The zero-order valence-corrected chi connectivity index (χ0v) is 17.7. The Morgan fingerprint density at radius 1 is 1.19 bits per heavy atom. The lowest BCUT2D eigenvalue weighted by Gasteiger charge is -2.30. The summed E-state index contributed by atoms with van der Waals surface area (Å²) in [5, 5.41) is 9.31. The molecule has 2 rings (SSSR count). The number of nitrogens with zero attached hydrogens (tertiary/aromatic N) is 1. The number of halogens is 4. The summed E-state index contributed by atoms with van der Waals surface area (Å²) < 4.78 is 55.6. The van der Waals surface area contributed by atoms with E-state index in [0.717, 1.165) is 6.08 Å². The van der Waals surface area contributed by atoms with Crippen LogP contribution in [0.1, 0.15) is 31.9 Å². The monoisotopic (exact) mass is 467 g/mol. The Morgan fingerprint density at radius 2 is 1.84 bits per heavy atom. The van der Waals surface area contributed by atoms with Crippen LogP contribution in [0.5, 0.6) is 5.75 Å². The fourth-order valence-electron chi connectivity index (χ4n) is 2.75. The molecule has 0 amide bonds. The van der Waals surface area contributed by atoms with E-state index in [9.17, 15) is 28.1 Å². The molecule has 0 saturated carbocycles. The summed E-state index contributed by atoms with van der Waals surface area (Å²) in [7, 11) is 0. The van der Waals surface area contributed by atoms with Crippen molar-refractivity contribution in [3.8, 4) is 5.75 Å². The van der Waals surface area contributed by atoms with Crippen LogP contribution in [0.4, 0.5) is 13.2 Å². The Bertz CT molecular complexity index is 865. The van der Waals surface area contributed by atoms with Crippen molar-refractivity contribution >= 4 is 23.6 Å². The van der Waals surface area contributed by atoms with Gasteiger partial charge in [-0.2, -0.15) is 13.2 Å². The first-order valence-electron chi connectivity index (χ1n) is 9.12. The minimum atomic E-state index is -4.86. The van der Waals surface area contributed by atoms with Crippen molar-refractivity contribution in [1.82, 2.24) is 0 Å². The first kappa shape index (κ1) is 24.7. The summed E-state index contributed by atoms with van der Waals surface area (Å²) >= 11 is 6.27. The number of hydrogen-bond donors (Lipinski definition) is 0. The van der Waals surface area contributed by atoms with Gasteiger partial charge in [0, 0.05) is 10.6 Å². The minimum absolute atomic E-state index is 0.0395. The molecule has 0 fully saturated rings. The van der Waals surface area contributed by atoms with Crippen molar-refractivity contribution in [2.24, 2.45) is 0 Å². The number of esters is 1. The second-order valence-electron chi connectivity index (χ2n) is 7.56. The predicted molar refractivity (Wildman–Crippen MR) is 103 cm³/mol. The maximum atomic E-state index is 13.6. The Kier molecular flexibility index (Phi) is 7.77. The molecule has 1 atom stereocenters. The van der Waals surface area contributed by atoms with E-state index in [4.69, 9.17) is 25.8 Å². The lowest BCUT2D eigenvalue weighted by atomic mass is 9.85. The second-order valence-corrected chi connectivity index (χ2v) is 7.97. The van der Waals surface area contributed by atoms with Gasteiger partial charge in [-0.1, -0.05) is 32.4 Å². The van der Waals surface area contributed by atoms with Gasteiger partial charge in [0.15, 0.2) is 0 Å². The molecule has 0 spiro atoms. The van der Waals surface area contributed by atoms with Gasteiger partial charge >= 0.3 is 12.1 Å². The summed E-state index contributed by atoms with van der Waals surface area (Å²) in [6.07, 6.45) is -6.32. The van der Waals surface area contributed by atoms with Crippen LogP contribution in [0.25, 0.3) is 6.08 Å². The van der Waals surface area contributed by atoms with Gasteiger partial charge in [0.1, 0.15) is 19.0 Å². The zero-order valence-electron chi connectivity index (χ0n) is 17.0. The SMILES string of the molecule is CC(C)(C)c1cc2c(cc1Cl)C=C(C(=O)OCCOCCO[N+](=O)[O-])C(C(F)(F)F)O2. The molecular weight excluding hydrogens is 447 g/mol. The molecule has 172 valence electrons. The van der Waals surface area contributed by atoms with Crippen molar-refractivity contribution in [3.63, 3.8) is 0 Å². The summed E-state index contributed by atoms with van der Waals surface area (Å²) in [6, 6.07) is 2.88. The number of benzene rings is 1. The van der Waals surface area contributed by atoms with E-state index in [1.54, 1.807) is 0 Å². The highest BCUT2D eigenvalue weighted by molar-refractivity contribution is 6.31. The van der Waals surface area contributed by atoms with Crippen LogP contribution >= 0.6 is 11.6 Å². The maximum Gasteiger partial charge on any atom is 0.430 e. The Balaban J connectivity index is 2.14. The molecule has 1 unspecified atom stereocenters. The van der Waals surface area contributed by atoms with Gasteiger partial charge in [-0.05, 0) is 29.2 Å². The molecule has 8 nitrogen and oxygen atoms in total. The molecule has 1 aliphatic rings. The van der Waals surface area contributed by atoms with Crippen LogP contribution in [-0.4, -0.2) is 49.8 Å². The first-order chi connectivity index (χ1) is 14.3. The Morgan fingerprint density at radius 3 is 2.42 bits per heavy atom. The van der Waals surface area contributed by atoms with Gasteiger partial charge < -0.3 is 19.0 Å². The molecule has 0 aromatic heterocycles. The van der Waals surface area contributed by atoms with Crippen LogP contribution in [0.3, 0.4) is 0 Å². The van der Waals surface area contributed by atoms with Crippen molar-refractivity contribution in [2.45, 2.75) is 38.5 Å². The minimum Gasteiger partial charge on any atom is -0.475 e. The smallest absolute Gasteiger partial charge is 0.430 e. The van der Waals surface area contributed by atoms with Crippen LogP contribution in [0.15, 0.2) is 17.7 Å². The lowest BCUT2D eigenvalue weighted by Crippen LogP contribution is -2.41. The number of carbonyl (C=O) groups is 1. The number of alkyl halides is 3. The fourth-order valence-corrected chi connectivity index (χ4v) is 3.21. The van der Waals surface area contributed by atoms with Gasteiger partial charge in [-0.25, -0.2) is 4.79 Å². The summed E-state index contributed by atoms with van der Waals surface area (Å²) in [5.74, 6) is -1.27. The van der Waals surface area contributed by atoms with E-state index < -0.39 is 34.3 Å². The van der Waals surface area contributed by atoms with Crippen LogP contribution < -0.4 is 4.74 Å². The van der Waals surface area contributed by atoms with E-state index in [1.165, 1.54) is 12.1 Å². The third kappa shape index (κ3) is 6.73. The molecule has 1 aromatic rings. The average molecular weight is 468 g/mol. The molecule has 0 aliphatic carbocycles. The summed E-state index contributed by atoms with van der Waals surface area (Å²) in [6.45, 7) is 4.53. The molecule has 12 heteroatoms. The van der Waals surface area contributed by atoms with Gasteiger partial charge in [0.05, 0.1) is 18.8 Å². The number of carbonyl (C=O) groups excluding carboxylic acids is 1. The van der Waals surface area contributed by atoms with Crippen molar-refractivity contribution < 1.29 is 42.1 Å². The third-order valence-electron chi connectivity index (χ3n) is 4.16. The van der Waals surface area contributed by atoms with Crippen molar-refractivity contribution in [2.75, 3.05) is 26.4 Å². The van der Waals surface area contributed by atoms with E-state index in [2.05, 4.69) is 4.84 Å². The van der Waals surface area contributed by atoms with E-state index >= 15 is 0 Å². The largest absolute Gasteiger partial charge is 0.475 e. The van der Waals surface area contributed by atoms with Gasteiger partial charge in [0.2, 0.25) is 6.10 Å². The van der Waals surface area contributed by atoms with E-state index in [0.29, 0.717) is 10.6 Å². The van der Waals surface area contributed by atoms with Gasteiger partial charge in [0.25, 0.3) is 5.09 Å².